The molecule has 142 valence electrons. The van der Waals surface area contributed by atoms with Gasteiger partial charge in [0, 0.05) is 31.3 Å². The molecule has 4 aliphatic carbocycles. The molecule has 2 fully saturated rings. The summed E-state index contributed by atoms with van der Waals surface area (Å²) in [4.78, 5) is 25.5. The molecule has 0 aromatic carbocycles. The standard InChI is InChI=1S/C22H31NO3/c1-21-11-9-15(24)13-14(21)5-6-16-17-7-8-19(26-20(25)23(3)4)22(17,2)12-10-18(16)21/h10,13,16-17,19H,5-9,11-12H2,1-4H3/t16?,17?,19?,21-,22-/m0/s1. The number of carbonyl (C=O) groups excluding carboxylic acids is 2. The van der Waals surface area contributed by atoms with Crippen LogP contribution in [0.15, 0.2) is 23.3 Å². The Bertz CT molecular complexity index is 706. The second-order valence-electron chi connectivity index (χ2n) is 9.43. The number of rotatable bonds is 1. The molecule has 4 heteroatoms. The fraction of sp³-hybridized carbons (Fsp3) is 0.727. The predicted molar refractivity (Wildman–Crippen MR) is 101 cm³/mol. The number of fused-ring (bicyclic) bond motifs is 5. The Morgan fingerprint density at radius 1 is 1.19 bits per heavy atom. The normalized spacial score (nSPS) is 41.4. The summed E-state index contributed by atoms with van der Waals surface area (Å²) >= 11 is 0. The molecule has 0 heterocycles. The molecule has 0 aliphatic heterocycles. The van der Waals surface area contributed by atoms with Crippen molar-refractivity contribution in [1.29, 1.82) is 0 Å². The fourth-order valence-corrected chi connectivity index (χ4v) is 6.23. The van der Waals surface area contributed by atoms with E-state index < -0.39 is 0 Å². The Morgan fingerprint density at radius 3 is 2.69 bits per heavy atom. The number of amides is 1. The quantitative estimate of drug-likeness (QED) is 0.649. The number of ether oxygens (including phenoxy) is 1. The summed E-state index contributed by atoms with van der Waals surface area (Å²) in [7, 11) is 3.49. The van der Waals surface area contributed by atoms with Crippen LogP contribution in [0.5, 0.6) is 0 Å². The zero-order valence-electron chi connectivity index (χ0n) is 16.5. The minimum atomic E-state index is -0.224. The molecule has 1 amide bonds. The van der Waals surface area contributed by atoms with Crippen LogP contribution in [-0.4, -0.2) is 37.0 Å². The van der Waals surface area contributed by atoms with Gasteiger partial charge in [-0.15, -0.1) is 0 Å². The van der Waals surface area contributed by atoms with E-state index >= 15 is 0 Å². The minimum absolute atomic E-state index is 0.0119. The molecule has 0 aromatic heterocycles. The molecule has 0 N–H and O–H groups in total. The molecule has 0 saturated heterocycles. The van der Waals surface area contributed by atoms with E-state index in [4.69, 9.17) is 4.74 Å². The van der Waals surface area contributed by atoms with E-state index in [1.54, 1.807) is 19.7 Å². The molecule has 0 aromatic rings. The van der Waals surface area contributed by atoms with Crippen molar-refractivity contribution in [1.82, 2.24) is 4.90 Å². The summed E-state index contributed by atoms with van der Waals surface area (Å²) in [6.45, 7) is 4.67. The maximum absolute atomic E-state index is 12.1. The number of carbonyl (C=O) groups is 2. The largest absolute Gasteiger partial charge is 0.446 e. The lowest BCUT2D eigenvalue weighted by molar-refractivity contribution is -0.115. The van der Waals surface area contributed by atoms with Gasteiger partial charge in [-0.25, -0.2) is 4.79 Å². The first-order chi connectivity index (χ1) is 12.3. The number of allylic oxidation sites excluding steroid dienone is 4. The van der Waals surface area contributed by atoms with E-state index in [0.717, 1.165) is 38.5 Å². The molecule has 4 rings (SSSR count). The highest BCUT2D eigenvalue weighted by Crippen LogP contribution is 2.63. The Balaban J connectivity index is 1.63. The van der Waals surface area contributed by atoms with Crippen molar-refractivity contribution in [3.63, 3.8) is 0 Å². The maximum atomic E-state index is 12.1. The van der Waals surface area contributed by atoms with E-state index in [1.165, 1.54) is 10.5 Å². The fourth-order valence-electron chi connectivity index (χ4n) is 6.23. The first-order valence-electron chi connectivity index (χ1n) is 10.1. The van der Waals surface area contributed by atoms with Crippen molar-refractivity contribution in [3.8, 4) is 0 Å². The van der Waals surface area contributed by atoms with Crippen molar-refractivity contribution in [2.24, 2.45) is 22.7 Å². The van der Waals surface area contributed by atoms with Crippen molar-refractivity contribution in [2.45, 2.75) is 64.9 Å². The monoisotopic (exact) mass is 357 g/mol. The van der Waals surface area contributed by atoms with Gasteiger partial charge in [0.1, 0.15) is 6.10 Å². The lowest BCUT2D eigenvalue weighted by Gasteiger charge is -2.53. The smallest absolute Gasteiger partial charge is 0.409 e. The Kier molecular flexibility index (Phi) is 4.09. The van der Waals surface area contributed by atoms with E-state index in [1.807, 2.05) is 6.08 Å². The summed E-state index contributed by atoms with van der Waals surface area (Å²) in [5.41, 5.74) is 3.05. The van der Waals surface area contributed by atoms with Crippen LogP contribution in [0.4, 0.5) is 4.79 Å². The van der Waals surface area contributed by atoms with Gasteiger partial charge in [0.15, 0.2) is 5.78 Å². The molecule has 3 unspecified atom stereocenters. The van der Waals surface area contributed by atoms with Gasteiger partial charge in [-0.1, -0.05) is 31.1 Å². The summed E-state index contributed by atoms with van der Waals surface area (Å²) in [5, 5.41) is 0. The van der Waals surface area contributed by atoms with Crippen LogP contribution in [0, 0.1) is 22.7 Å². The van der Waals surface area contributed by atoms with E-state index in [-0.39, 0.29) is 23.0 Å². The SMILES string of the molecule is CN(C)C(=O)OC1CCC2C3CCC4=CC(=O)CC[C@]4(C)C3=CC[C@]12C. The van der Waals surface area contributed by atoms with Crippen molar-refractivity contribution < 1.29 is 14.3 Å². The Morgan fingerprint density at radius 2 is 1.96 bits per heavy atom. The average Bonchev–Trinajstić information content (AvgIpc) is 2.92. The van der Waals surface area contributed by atoms with Crippen LogP contribution in [0.2, 0.25) is 0 Å². The number of nitrogens with zero attached hydrogens (tertiary/aromatic N) is 1. The lowest BCUT2D eigenvalue weighted by atomic mass is 9.52. The summed E-state index contributed by atoms with van der Waals surface area (Å²) in [6.07, 6.45) is 11.1. The summed E-state index contributed by atoms with van der Waals surface area (Å²) in [5.74, 6) is 1.46. The molecule has 0 bridgehead atoms. The molecule has 0 radical (unpaired) electrons. The average molecular weight is 357 g/mol. The zero-order chi connectivity index (χ0) is 18.7. The first-order valence-corrected chi connectivity index (χ1v) is 10.1. The molecule has 26 heavy (non-hydrogen) atoms. The van der Waals surface area contributed by atoms with Gasteiger partial charge in [-0.3, -0.25) is 4.79 Å². The molecular weight excluding hydrogens is 326 g/mol. The molecule has 4 nitrogen and oxygen atoms in total. The van der Waals surface area contributed by atoms with Crippen molar-refractivity contribution in [3.05, 3.63) is 23.3 Å². The number of hydrogen-bond acceptors (Lipinski definition) is 3. The number of hydrogen-bond donors (Lipinski definition) is 0. The van der Waals surface area contributed by atoms with Gasteiger partial charge in [-0.05, 0) is 56.4 Å². The van der Waals surface area contributed by atoms with Gasteiger partial charge in [0.05, 0.1) is 0 Å². The van der Waals surface area contributed by atoms with E-state index in [2.05, 4.69) is 19.9 Å². The second kappa shape index (κ2) is 5.97. The lowest BCUT2D eigenvalue weighted by Crippen LogP contribution is -2.46. The Labute approximate surface area is 156 Å². The van der Waals surface area contributed by atoms with Gasteiger partial charge in [0.2, 0.25) is 0 Å². The zero-order valence-corrected chi connectivity index (χ0v) is 16.5. The predicted octanol–water partition coefficient (Wildman–Crippen LogP) is 4.51. The molecular formula is C22H31NO3. The molecule has 4 aliphatic rings. The first kappa shape index (κ1) is 17.8. The highest BCUT2D eigenvalue weighted by molar-refractivity contribution is 5.92. The summed E-state index contributed by atoms with van der Waals surface area (Å²) < 4.78 is 5.87. The van der Waals surface area contributed by atoms with Gasteiger partial charge >= 0.3 is 6.09 Å². The van der Waals surface area contributed by atoms with Crippen LogP contribution >= 0.6 is 0 Å². The van der Waals surface area contributed by atoms with E-state index in [0.29, 0.717) is 24.0 Å². The van der Waals surface area contributed by atoms with Crippen molar-refractivity contribution >= 4 is 11.9 Å². The minimum Gasteiger partial charge on any atom is -0.446 e. The van der Waals surface area contributed by atoms with Crippen LogP contribution in [0.25, 0.3) is 0 Å². The third-order valence-corrected chi connectivity index (χ3v) is 7.85. The highest BCUT2D eigenvalue weighted by Gasteiger charge is 2.57. The van der Waals surface area contributed by atoms with Crippen molar-refractivity contribution in [2.75, 3.05) is 14.1 Å². The topological polar surface area (TPSA) is 46.6 Å². The number of ketones is 1. The van der Waals surface area contributed by atoms with Gasteiger partial charge in [-0.2, -0.15) is 0 Å². The Hall–Kier alpha value is -1.58. The molecule has 5 atom stereocenters. The maximum Gasteiger partial charge on any atom is 0.409 e. The second-order valence-corrected chi connectivity index (χ2v) is 9.43. The highest BCUT2D eigenvalue weighted by atomic mass is 16.6. The summed E-state index contributed by atoms with van der Waals surface area (Å²) in [6, 6.07) is 0. The van der Waals surface area contributed by atoms with Crippen LogP contribution < -0.4 is 0 Å². The van der Waals surface area contributed by atoms with Gasteiger partial charge < -0.3 is 9.64 Å². The van der Waals surface area contributed by atoms with Crippen LogP contribution in [-0.2, 0) is 9.53 Å². The van der Waals surface area contributed by atoms with Crippen LogP contribution in [0.3, 0.4) is 0 Å². The van der Waals surface area contributed by atoms with Crippen LogP contribution in [0.1, 0.15) is 58.8 Å². The van der Waals surface area contributed by atoms with E-state index in [9.17, 15) is 9.59 Å². The molecule has 2 saturated carbocycles. The van der Waals surface area contributed by atoms with Gasteiger partial charge in [0.25, 0.3) is 0 Å². The molecule has 0 spiro atoms. The third kappa shape index (κ3) is 2.48. The third-order valence-electron chi connectivity index (χ3n) is 7.85.